The summed E-state index contributed by atoms with van der Waals surface area (Å²) in [5.74, 6) is 1.23. The lowest BCUT2D eigenvalue weighted by Gasteiger charge is -2.19. The Morgan fingerprint density at radius 2 is 1.46 bits per heavy atom. The van der Waals surface area contributed by atoms with Crippen molar-refractivity contribution < 1.29 is 9.47 Å². The summed E-state index contributed by atoms with van der Waals surface area (Å²) in [6, 6.07) is 25.1. The molecule has 0 radical (unpaired) electrons. The maximum Gasteiger partial charge on any atom is 0.142 e. The SMILES string of the molecule is Cc1c(COc2cc(OCc3cncc(C#N)c3)c(CN(C)C)cc2Cl)cccc1-c1cccc(-c2ccc(CN(C)C)s2)c1C. The summed E-state index contributed by atoms with van der Waals surface area (Å²) >= 11 is 8.61. The van der Waals surface area contributed by atoms with E-state index in [1.807, 2.05) is 37.6 Å². The first-order valence-corrected chi connectivity index (χ1v) is 16.3. The quantitative estimate of drug-likeness (QED) is 0.134. The Labute approximate surface area is 281 Å². The van der Waals surface area contributed by atoms with Crippen LogP contribution in [0, 0.1) is 25.2 Å². The van der Waals surface area contributed by atoms with E-state index in [9.17, 15) is 5.26 Å². The molecule has 5 rings (SSSR count). The molecule has 0 atom stereocenters. The van der Waals surface area contributed by atoms with E-state index >= 15 is 0 Å². The average Bonchev–Trinajstić information content (AvgIpc) is 3.48. The zero-order valence-corrected chi connectivity index (χ0v) is 28.8. The van der Waals surface area contributed by atoms with Crippen molar-refractivity contribution in [3.63, 3.8) is 0 Å². The molecule has 0 aliphatic carbocycles. The topological polar surface area (TPSA) is 61.6 Å². The van der Waals surface area contributed by atoms with Gasteiger partial charge in [0.1, 0.15) is 30.8 Å². The molecule has 0 spiro atoms. The standard InChI is InChI=1S/C38H39ClN4O2S/c1-25-29(9-7-10-32(25)33-11-8-12-34(26(33)2)38-14-13-31(46-38)22-43(5)6)24-45-37-17-36(30(16-35(37)39)21-42(3)4)44-23-28-15-27(18-40)19-41-20-28/h7-17,19-20H,21-24H2,1-6H3. The van der Waals surface area contributed by atoms with Gasteiger partial charge >= 0.3 is 0 Å². The maximum atomic E-state index is 9.24. The summed E-state index contributed by atoms with van der Waals surface area (Å²) in [6.07, 6.45) is 3.24. The van der Waals surface area contributed by atoms with E-state index < -0.39 is 0 Å². The van der Waals surface area contributed by atoms with E-state index in [1.165, 1.54) is 43.8 Å². The minimum absolute atomic E-state index is 0.270. The second kappa shape index (κ2) is 14.9. The fraction of sp³-hybridized carbons (Fsp3) is 0.263. The van der Waals surface area contributed by atoms with Crippen LogP contribution in [-0.2, 0) is 26.3 Å². The monoisotopic (exact) mass is 650 g/mol. The van der Waals surface area contributed by atoms with Crippen molar-refractivity contribution in [3.8, 4) is 39.1 Å². The number of hydrogen-bond donors (Lipinski definition) is 0. The predicted molar refractivity (Wildman–Crippen MR) is 189 cm³/mol. The Kier molecular flexibility index (Phi) is 10.8. The van der Waals surface area contributed by atoms with Gasteiger partial charge in [0.25, 0.3) is 0 Å². The molecule has 0 unspecified atom stereocenters. The number of ether oxygens (including phenoxy) is 2. The molecular formula is C38H39ClN4O2S. The average molecular weight is 651 g/mol. The van der Waals surface area contributed by atoms with Crippen LogP contribution in [0.15, 0.2) is 79.1 Å². The van der Waals surface area contributed by atoms with Crippen LogP contribution in [0.2, 0.25) is 5.02 Å². The van der Waals surface area contributed by atoms with Crippen molar-refractivity contribution in [1.29, 1.82) is 5.26 Å². The van der Waals surface area contributed by atoms with Crippen LogP contribution in [0.5, 0.6) is 11.5 Å². The number of halogens is 1. The first kappa shape index (κ1) is 33.2. The summed E-state index contributed by atoms with van der Waals surface area (Å²) in [6.45, 7) is 6.58. The molecule has 2 heterocycles. The van der Waals surface area contributed by atoms with Gasteiger partial charge in [0.15, 0.2) is 0 Å². The van der Waals surface area contributed by atoms with Crippen molar-refractivity contribution in [2.75, 3.05) is 28.2 Å². The molecule has 6 nitrogen and oxygen atoms in total. The van der Waals surface area contributed by atoms with Gasteiger partial charge in [-0.05, 0) is 99.7 Å². The number of rotatable bonds is 12. The number of hydrogen-bond acceptors (Lipinski definition) is 7. The molecule has 0 N–H and O–H groups in total. The highest BCUT2D eigenvalue weighted by atomic mass is 35.5. The second-order valence-electron chi connectivity index (χ2n) is 12.0. The van der Waals surface area contributed by atoms with Gasteiger partial charge in [0.05, 0.1) is 10.6 Å². The van der Waals surface area contributed by atoms with Crippen molar-refractivity contribution in [2.45, 2.75) is 40.2 Å². The first-order valence-electron chi connectivity index (χ1n) is 15.1. The third kappa shape index (κ3) is 7.96. The molecule has 236 valence electrons. The molecule has 46 heavy (non-hydrogen) atoms. The van der Waals surface area contributed by atoms with Gasteiger partial charge in [-0.15, -0.1) is 11.3 Å². The molecule has 8 heteroatoms. The molecule has 0 aliphatic heterocycles. The van der Waals surface area contributed by atoms with Crippen LogP contribution in [0.25, 0.3) is 21.6 Å². The zero-order chi connectivity index (χ0) is 32.8. The molecule has 0 saturated heterocycles. The normalized spacial score (nSPS) is 11.2. The number of thiophene rings is 1. The number of nitrogens with zero attached hydrogens (tertiary/aromatic N) is 4. The highest BCUT2D eigenvalue weighted by molar-refractivity contribution is 7.15. The largest absolute Gasteiger partial charge is 0.488 e. The van der Waals surface area contributed by atoms with Gasteiger partial charge in [-0.1, -0.05) is 48.0 Å². The van der Waals surface area contributed by atoms with Crippen molar-refractivity contribution >= 4 is 22.9 Å². The fourth-order valence-corrected chi connectivity index (χ4v) is 6.92. The highest BCUT2D eigenvalue weighted by Crippen LogP contribution is 2.38. The first-order chi connectivity index (χ1) is 22.1. The Morgan fingerprint density at radius 1 is 0.761 bits per heavy atom. The van der Waals surface area contributed by atoms with Crippen LogP contribution in [-0.4, -0.2) is 43.0 Å². The van der Waals surface area contributed by atoms with Crippen LogP contribution in [0.4, 0.5) is 0 Å². The van der Waals surface area contributed by atoms with E-state index in [1.54, 1.807) is 12.3 Å². The van der Waals surface area contributed by atoms with Gasteiger partial charge in [0, 0.05) is 52.4 Å². The van der Waals surface area contributed by atoms with Crippen molar-refractivity contribution in [1.82, 2.24) is 14.8 Å². The predicted octanol–water partition coefficient (Wildman–Crippen LogP) is 8.90. The van der Waals surface area contributed by atoms with E-state index in [0.717, 1.165) is 23.2 Å². The molecule has 0 aliphatic rings. The van der Waals surface area contributed by atoms with E-state index in [4.69, 9.17) is 21.1 Å². The summed E-state index contributed by atoms with van der Waals surface area (Å²) < 4.78 is 12.6. The molecule has 0 fully saturated rings. The minimum atomic E-state index is 0.270. The molecular weight excluding hydrogens is 612 g/mol. The molecule has 0 bridgehead atoms. The third-order valence-corrected chi connectivity index (χ3v) is 9.17. The fourth-order valence-electron chi connectivity index (χ4n) is 5.47. The van der Waals surface area contributed by atoms with E-state index in [-0.39, 0.29) is 6.61 Å². The van der Waals surface area contributed by atoms with Crippen LogP contribution in [0.1, 0.15) is 38.3 Å². The summed E-state index contributed by atoms with van der Waals surface area (Å²) in [5, 5.41) is 9.77. The summed E-state index contributed by atoms with van der Waals surface area (Å²) in [4.78, 5) is 11.0. The Hall–Kier alpha value is -4.19. The van der Waals surface area contributed by atoms with Gasteiger partial charge in [-0.2, -0.15) is 5.26 Å². The molecule has 3 aromatic carbocycles. The van der Waals surface area contributed by atoms with Crippen LogP contribution < -0.4 is 9.47 Å². The smallest absolute Gasteiger partial charge is 0.142 e. The Balaban J connectivity index is 1.38. The van der Waals surface area contributed by atoms with Crippen molar-refractivity contribution in [2.24, 2.45) is 0 Å². The molecule has 2 aromatic heterocycles. The number of aromatic nitrogens is 1. The van der Waals surface area contributed by atoms with E-state index in [0.29, 0.717) is 35.2 Å². The minimum Gasteiger partial charge on any atom is -0.488 e. The van der Waals surface area contributed by atoms with Gasteiger partial charge in [-0.3, -0.25) is 4.98 Å². The van der Waals surface area contributed by atoms with Crippen LogP contribution in [0.3, 0.4) is 0 Å². The number of benzene rings is 3. The lowest BCUT2D eigenvalue weighted by Crippen LogP contribution is -2.12. The highest BCUT2D eigenvalue weighted by Gasteiger charge is 2.16. The van der Waals surface area contributed by atoms with Gasteiger partial charge in [0.2, 0.25) is 0 Å². The van der Waals surface area contributed by atoms with Gasteiger partial charge in [-0.25, -0.2) is 0 Å². The van der Waals surface area contributed by atoms with Crippen LogP contribution >= 0.6 is 22.9 Å². The summed E-state index contributed by atoms with van der Waals surface area (Å²) in [5.41, 5.74) is 9.44. The Bertz CT molecular complexity index is 1880. The Morgan fingerprint density at radius 3 is 2.20 bits per heavy atom. The van der Waals surface area contributed by atoms with E-state index in [2.05, 4.69) is 97.3 Å². The maximum absolute atomic E-state index is 9.24. The lowest BCUT2D eigenvalue weighted by molar-refractivity contribution is 0.283. The summed E-state index contributed by atoms with van der Waals surface area (Å²) in [7, 11) is 8.20. The lowest BCUT2D eigenvalue weighted by atomic mass is 9.91. The second-order valence-corrected chi connectivity index (χ2v) is 13.5. The molecule has 0 amide bonds. The number of pyridine rings is 1. The van der Waals surface area contributed by atoms with Crippen molar-refractivity contribution in [3.05, 3.63) is 122 Å². The number of nitriles is 1. The molecule has 5 aromatic rings. The third-order valence-electron chi connectivity index (χ3n) is 7.77. The zero-order valence-electron chi connectivity index (χ0n) is 27.2. The van der Waals surface area contributed by atoms with Gasteiger partial charge < -0.3 is 19.3 Å². The molecule has 0 saturated carbocycles.